The van der Waals surface area contributed by atoms with Crippen LogP contribution in [-0.4, -0.2) is 10.2 Å². The number of halogens is 1. The van der Waals surface area contributed by atoms with Gasteiger partial charge in [0.15, 0.2) is 0 Å². The first-order valence-electron chi connectivity index (χ1n) is 6.27. The molecule has 4 nitrogen and oxygen atoms in total. The van der Waals surface area contributed by atoms with Crippen LogP contribution in [0.1, 0.15) is 5.89 Å². The lowest BCUT2D eigenvalue weighted by Gasteiger charge is -1.99. The average molecular weight is 362 g/mol. The Morgan fingerprint density at radius 2 is 1.90 bits per heavy atom. The molecule has 21 heavy (non-hydrogen) atoms. The number of rotatable bonds is 4. The number of hydrogen-bond acceptors (Lipinski definition) is 5. The molecule has 0 atom stereocenters. The van der Waals surface area contributed by atoms with Crippen molar-refractivity contribution in [1.82, 2.24) is 10.2 Å². The van der Waals surface area contributed by atoms with Crippen LogP contribution < -0.4 is 5.73 Å². The van der Waals surface area contributed by atoms with Crippen LogP contribution in [0.25, 0.3) is 11.5 Å². The van der Waals surface area contributed by atoms with E-state index in [1.807, 2.05) is 48.5 Å². The van der Waals surface area contributed by atoms with E-state index in [1.165, 1.54) is 0 Å². The van der Waals surface area contributed by atoms with E-state index < -0.39 is 0 Å². The number of hydrogen-bond donors (Lipinski definition) is 1. The molecule has 6 heteroatoms. The summed E-state index contributed by atoms with van der Waals surface area (Å²) < 4.78 is 6.69. The Morgan fingerprint density at radius 3 is 2.67 bits per heavy atom. The highest BCUT2D eigenvalue weighted by Gasteiger charge is 2.09. The minimum Gasteiger partial charge on any atom is -0.420 e. The van der Waals surface area contributed by atoms with Crippen molar-refractivity contribution in [2.45, 2.75) is 10.6 Å². The molecule has 0 unspecified atom stereocenters. The zero-order valence-electron chi connectivity index (χ0n) is 11.0. The fourth-order valence-electron chi connectivity index (χ4n) is 1.77. The van der Waals surface area contributed by atoms with E-state index in [-0.39, 0.29) is 0 Å². The molecule has 1 heterocycles. The molecule has 0 aliphatic carbocycles. The number of anilines is 1. The van der Waals surface area contributed by atoms with Gasteiger partial charge in [-0.1, -0.05) is 22.0 Å². The van der Waals surface area contributed by atoms with Gasteiger partial charge in [-0.25, -0.2) is 0 Å². The number of thioether (sulfide) groups is 1. The van der Waals surface area contributed by atoms with Crippen LogP contribution in [-0.2, 0) is 5.75 Å². The van der Waals surface area contributed by atoms with Gasteiger partial charge in [0.05, 0.1) is 5.75 Å². The number of nitrogens with two attached hydrogens (primary N) is 1. The fourth-order valence-corrected chi connectivity index (χ4v) is 2.84. The highest BCUT2D eigenvalue weighted by molar-refractivity contribution is 9.10. The maximum Gasteiger partial charge on any atom is 0.247 e. The molecule has 0 fully saturated rings. The third-order valence-corrected chi connectivity index (χ3v) is 4.29. The molecule has 0 aliphatic rings. The van der Waals surface area contributed by atoms with E-state index >= 15 is 0 Å². The van der Waals surface area contributed by atoms with E-state index in [2.05, 4.69) is 26.1 Å². The predicted octanol–water partition coefficient (Wildman–Crippen LogP) is 4.37. The molecule has 3 rings (SSSR count). The maximum atomic E-state index is 5.75. The third-order valence-electron chi connectivity index (χ3n) is 2.78. The minimum atomic E-state index is 0.533. The Bertz CT molecular complexity index is 743. The molecule has 1 aromatic heterocycles. The van der Waals surface area contributed by atoms with Crippen LogP contribution in [0, 0.1) is 0 Å². The second-order valence-electron chi connectivity index (χ2n) is 4.37. The van der Waals surface area contributed by atoms with Crippen LogP contribution in [0.5, 0.6) is 0 Å². The summed E-state index contributed by atoms with van der Waals surface area (Å²) in [4.78, 5) is 1.08. The summed E-state index contributed by atoms with van der Waals surface area (Å²) in [5, 5.41) is 8.15. The minimum absolute atomic E-state index is 0.533. The van der Waals surface area contributed by atoms with E-state index in [0.717, 1.165) is 20.6 Å². The van der Waals surface area contributed by atoms with Crippen LogP contribution in [0.2, 0.25) is 0 Å². The van der Waals surface area contributed by atoms with Gasteiger partial charge >= 0.3 is 0 Å². The lowest BCUT2D eigenvalue weighted by atomic mass is 10.2. The molecule has 0 aliphatic heterocycles. The molecule has 0 spiro atoms. The van der Waals surface area contributed by atoms with Gasteiger partial charge in [0.2, 0.25) is 11.8 Å². The van der Waals surface area contributed by atoms with Crippen molar-refractivity contribution in [2.24, 2.45) is 0 Å². The molecule has 0 saturated carbocycles. The normalized spacial score (nSPS) is 10.7. The Hall–Kier alpha value is -1.79. The summed E-state index contributed by atoms with van der Waals surface area (Å²) in [5.74, 6) is 1.75. The first-order valence-corrected chi connectivity index (χ1v) is 8.05. The van der Waals surface area contributed by atoms with Crippen LogP contribution in [0.15, 0.2) is 62.3 Å². The van der Waals surface area contributed by atoms with Crippen LogP contribution in [0.4, 0.5) is 5.69 Å². The number of aromatic nitrogens is 2. The molecular formula is C15H12BrN3OS. The molecule has 3 aromatic rings. The zero-order chi connectivity index (χ0) is 14.7. The molecule has 0 saturated heterocycles. The Kier molecular flexibility index (Phi) is 4.26. The summed E-state index contributed by atoms with van der Waals surface area (Å²) in [6, 6.07) is 15.5. The van der Waals surface area contributed by atoms with Crippen molar-refractivity contribution in [3.63, 3.8) is 0 Å². The first kappa shape index (κ1) is 14.2. The average Bonchev–Trinajstić information content (AvgIpc) is 2.95. The SMILES string of the molecule is Nc1cccc(SCc2nnc(-c3ccc(Br)cc3)o2)c1. The Labute approximate surface area is 134 Å². The summed E-state index contributed by atoms with van der Waals surface area (Å²) in [5.41, 5.74) is 7.41. The van der Waals surface area contributed by atoms with E-state index in [1.54, 1.807) is 11.8 Å². The number of nitrogens with zero attached hydrogens (tertiary/aromatic N) is 2. The van der Waals surface area contributed by atoms with Crippen LogP contribution in [0.3, 0.4) is 0 Å². The standard InChI is InChI=1S/C15H12BrN3OS/c16-11-6-4-10(5-7-11)15-19-18-14(20-15)9-21-13-3-1-2-12(17)8-13/h1-8H,9,17H2. The van der Waals surface area contributed by atoms with Gasteiger partial charge in [-0.05, 0) is 42.5 Å². The van der Waals surface area contributed by atoms with Crippen molar-refractivity contribution in [3.8, 4) is 11.5 Å². The van der Waals surface area contributed by atoms with Crippen LogP contribution >= 0.6 is 27.7 Å². The summed E-state index contributed by atoms with van der Waals surface area (Å²) in [6.45, 7) is 0. The van der Waals surface area contributed by atoms with Crippen molar-refractivity contribution in [2.75, 3.05) is 5.73 Å². The molecule has 0 bridgehead atoms. The summed E-state index contributed by atoms with van der Waals surface area (Å²) in [6.07, 6.45) is 0. The van der Waals surface area contributed by atoms with Crippen molar-refractivity contribution < 1.29 is 4.42 Å². The lowest BCUT2D eigenvalue weighted by Crippen LogP contribution is -1.84. The molecule has 2 N–H and O–H groups in total. The first-order chi connectivity index (χ1) is 10.2. The topological polar surface area (TPSA) is 64.9 Å². The van der Waals surface area contributed by atoms with Gasteiger partial charge in [-0.3, -0.25) is 0 Å². The Morgan fingerprint density at radius 1 is 1.10 bits per heavy atom. The van der Waals surface area contributed by atoms with E-state index in [0.29, 0.717) is 17.5 Å². The highest BCUT2D eigenvalue weighted by atomic mass is 79.9. The van der Waals surface area contributed by atoms with Gasteiger partial charge in [-0.15, -0.1) is 22.0 Å². The molecule has 2 aromatic carbocycles. The zero-order valence-corrected chi connectivity index (χ0v) is 13.4. The third kappa shape index (κ3) is 3.65. The van der Waals surface area contributed by atoms with Gasteiger partial charge in [0.25, 0.3) is 0 Å². The van der Waals surface area contributed by atoms with Gasteiger partial charge in [0, 0.05) is 20.6 Å². The maximum absolute atomic E-state index is 5.75. The summed E-state index contributed by atoms with van der Waals surface area (Å²) in [7, 11) is 0. The van der Waals surface area contributed by atoms with Gasteiger partial charge in [-0.2, -0.15) is 0 Å². The molecule has 0 radical (unpaired) electrons. The van der Waals surface area contributed by atoms with Crippen molar-refractivity contribution >= 4 is 33.4 Å². The smallest absolute Gasteiger partial charge is 0.247 e. The summed E-state index contributed by atoms with van der Waals surface area (Å²) >= 11 is 5.01. The largest absolute Gasteiger partial charge is 0.420 e. The van der Waals surface area contributed by atoms with Gasteiger partial charge < -0.3 is 10.2 Å². The predicted molar refractivity (Wildman–Crippen MR) is 87.8 cm³/mol. The molecule has 106 valence electrons. The van der Waals surface area contributed by atoms with E-state index in [9.17, 15) is 0 Å². The highest BCUT2D eigenvalue weighted by Crippen LogP contribution is 2.26. The molecular weight excluding hydrogens is 350 g/mol. The van der Waals surface area contributed by atoms with Crippen molar-refractivity contribution in [1.29, 1.82) is 0 Å². The van der Waals surface area contributed by atoms with Gasteiger partial charge in [0.1, 0.15) is 0 Å². The van der Waals surface area contributed by atoms with E-state index in [4.69, 9.17) is 10.2 Å². The quantitative estimate of drug-likeness (QED) is 0.551. The number of nitrogen functional groups attached to an aromatic ring is 1. The second-order valence-corrected chi connectivity index (χ2v) is 6.33. The monoisotopic (exact) mass is 361 g/mol. The fraction of sp³-hybridized carbons (Fsp3) is 0.0667. The number of benzene rings is 2. The molecule has 0 amide bonds. The second kappa shape index (κ2) is 6.32. The Balaban J connectivity index is 1.69. The lowest BCUT2D eigenvalue weighted by molar-refractivity contribution is 0.528. The van der Waals surface area contributed by atoms with Crippen molar-refractivity contribution in [3.05, 3.63) is 58.9 Å².